The number of amides is 2. The number of fused-ring (bicyclic) bond motifs is 1. The molecule has 0 aliphatic carbocycles. The van der Waals surface area contributed by atoms with Gasteiger partial charge in [0.1, 0.15) is 10.8 Å². The number of anilines is 2. The monoisotopic (exact) mass is 375 g/mol. The van der Waals surface area contributed by atoms with Crippen LogP contribution in [0.25, 0.3) is 20.8 Å². The standard InChI is InChI=1S/C21H17N3O2S/c1-26-17-12-10-16(11-13-17)23-21(25)22-15-8-6-14(7-9-15)20-24-18-4-2-3-5-19(18)27-20/h2-13H,1H3,(H2,22,23,25). The largest absolute Gasteiger partial charge is 0.497 e. The topological polar surface area (TPSA) is 63.2 Å². The lowest BCUT2D eigenvalue weighted by molar-refractivity contribution is 0.262. The summed E-state index contributed by atoms with van der Waals surface area (Å²) in [7, 11) is 1.60. The summed E-state index contributed by atoms with van der Waals surface area (Å²) in [5.41, 5.74) is 3.43. The van der Waals surface area contributed by atoms with Crippen LogP contribution in [0.15, 0.2) is 72.8 Å². The van der Waals surface area contributed by atoms with E-state index in [2.05, 4.69) is 21.7 Å². The number of methoxy groups -OCH3 is 1. The second-order valence-corrected chi connectivity index (χ2v) is 6.90. The van der Waals surface area contributed by atoms with Gasteiger partial charge in [0.15, 0.2) is 0 Å². The molecule has 4 rings (SSSR count). The third-order valence-electron chi connectivity index (χ3n) is 4.03. The Hall–Kier alpha value is -3.38. The molecule has 1 aromatic heterocycles. The van der Waals surface area contributed by atoms with Gasteiger partial charge in [-0.25, -0.2) is 9.78 Å². The van der Waals surface area contributed by atoms with Crippen LogP contribution in [-0.2, 0) is 0 Å². The fourth-order valence-electron chi connectivity index (χ4n) is 2.66. The van der Waals surface area contributed by atoms with Crippen molar-refractivity contribution in [3.8, 4) is 16.3 Å². The van der Waals surface area contributed by atoms with Crippen LogP contribution in [0.4, 0.5) is 16.2 Å². The highest BCUT2D eigenvalue weighted by Crippen LogP contribution is 2.30. The van der Waals surface area contributed by atoms with Gasteiger partial charge in [0.25, 0.3) is 0 Å². The predicted molar refractivity (Wildman–Crippen MR) is 111 cm³/mol. The summed E-state index contributed by atoms with van der Waals surface area (Å²) in [6.45, 7) is 0. The number of aromatic nitrogens is 1. The van der Waals surface area contributed by atoms with Gasteiger partial charge in [0.05, 0.1) is 17.3 Å². The lowest BCUT2D eigenvalue weighted by atomic mass is 10.2. The Kier molecular flexibility index (Phi) is 4.72. The molecule has 4 aromatic rings. The van der Waals surface area contributed by atoms with E-state index in [-0.39, 0.29) is 6.03 Å². The van der Waals surface area contributed by atoms with E-state index < -0.39 is 0 Å². The van der Waals surface area contributed by atoms with Gasteiger partial charge in [-0.1, -0.05) is 12.1 Å². The van der Waals surface area contributed by atoms with Crippen LogP contribution in [0.3, 0.4) is 0 Å². The van der Waals surface area contributed by atoms with Gasteiger partial charge in [-0.2, -0.15) is 0 Å². The number of urea groups is 1. The fourth-order valence-corrected chi connectivity index (χ4v) is 3.63. The van der Waals surface area contributed by atoms with E-state index in [1.807, 2.05) is 42.5 Å². The number of nitrogens with one attached hydrogen (secondary N) is 2. The highest BCUT2D eigenvalue weighted by Gasteiger charge is 2.07. The Labute approximate surface area is 160 Å². The first kappa shape index (κ1) is 17.1. The molecule has 0 saturated heterocycles. The number of carbonyl (C=O) groups is 1. The molecule has 0 unspecified atom stereocenters. The molecular weight excluding hydrogens is 358 g/mol. The van der Waals surface area contributed by atoms with Crippen LogP contribution < -0.4 is 15.4 Å². The Balaban J connectivity index is 1.43. The van der Waals surface area contributed by atoms with Crippen LogP contribution >= 0.6 is 11.3 Å². The van der Waals surface area contributed by atoms with Gasteiger partial charge in [-0.05, 0) is 60.7 Å². The normalized spacial score (nSPS) is 10.6. The minimum absolute atomic E-state index is 0.298. The van der Waals surface area contributed by atoms with E-state index in [1.165, 1.54) is 0 Å². The lowest BCUT2D eigenvalue weighted by Crippen LogP contribution is -2.19. The Morgan fingerprint density at radius 1 is 0.889 bits per heavy atom. The number of nitrogens with zero attached hydrogens (tertiary/aromatic N) is 1. The molecule has 6 heteroatoms. The molecule has 0 spiro atoms. The lowest BCUT2D eigenvalue weighted by Gasteiger charge is -2.08. The summed E-state index contributed by atoms with van der Waals surface area (Å²) in [6, 6.07) is 22.6. The fraction of sp³-hybridized carbons (Fsp3) is 0.0476. The van der Waals surface area contributed by atoms with Crippen molar-refractivity contribution in [3.63, 3.8) is 0 Å². The zero-order valence-electron chi connectivity index (χ0n) is 14.6. The molecule has 0 aliphatic heterocycles. The first-order valence-corrected chi connectivity index (χ1v) is 9.21. The number of hydrogen-bond donors (Lipinski definition) is 2. The SMILES string of the molecule is COc1ccc(NC(=O)Nc2ccc(-c3nc4ccccc4s3)cc2)cc1. The van der Waals surface area contributed by atoms with Gasteiger partial charge in [0.2, 0.25) is 0 Å². The molecule has 2 amide bonds. The Morgan fingerprint density at radius 3 is 2.15 bits per heavy atom. The van der Waals surface area contributed by atoms with E-state index >= 15 is 0 Å². The molecule has 0 atom stereocenters. The van der Waals surface area contributed by atoms with E-state index in [1.54, 1.807) is 42.7 Å². The highest BCUT2D eigenvalue weighted by atomic mass is 32.1. The number of thiazole rings is 1. The average molecular weight is 375 g/mol. The van der Waals surface area contributed by atoms with E-state index in [9.17, 15) is 4.79 Å². The van der Waals surface area contributed by atoms with E-state index in [0.717, 1.165) is 26.5 Å². The summed E-state index contributed by atoms with van der Waals surface area (Å²) in [5, 5.41) is 6.58. The predicted octanol–water partition coefficient (Wildman–Crippen LogP) is 5.62. The molecule has 0 radical (unpaired) electrons. The molecular formula is C21H17N3O2S. The number of benzene rings is 3. The van der Waals surface area contributed by atoms with Gasteiger partial charge in [-0.15, -0.1) is 11.3 Å². The van der Waals surface area contributed by atoms with Crippen LogP contribution in [0.2, 0.25) is 0 Å². The minimum atomic E-state index is -0.298. The molecule has 5 nitrogen and oxygen atoms in total. The highest BCUT2D eigenvalue weighted by molar-refractivity contribution is 7.21. The quantitative estimate of drug-likeness (QED) is 0.487. The summed E-state index contributed by atoms with van der Waals surface area (Å²) >= 11 is 1.65. The van der Waals surface area contributed by atoms with Crippen LogP contribution in [0.1, 0.15) is 0 Å². The molecule has 27 heavy (non-hydrogen) atoms. The average Bonchev–Trinajstić information content (AvgIpc) is 3.13. The molecule has 1 heterocycles. The number of ether oxygens (including phenoxy) is 1. The summed E-state index contributed by atoms with van der Waals surface area (Å²) in [6.07, 6.45) is 0. The van der Waals surface area contributed by atoms with Crippen LogP contribution in [-0.4, -0.2) is 18.1 Å². The van der Waals surface area contributed by atoms with Crippen LogP contribution in [0.5, 0.6) is 5.75 Å². The third kappa shape index (κ3) is 3.91. The number of carbonyl (C=O) groups excluding carboxylic acids is 1. The smallest absolute Gasteiger partial charge is 0.323 e. The second kappa shape index (κ2) is 7.47. The summed E-state index contributed by atoms with van der Waals surface area (Å²) < 4.78 is 6.26. The summed E-state index contributed by atoms with van der Waals surface area (Å²) in [5.74, 6) is 0.742. The molecule has 134 valence electrons. The zero-order chi connectivity index (χ0) is 18.6. The van der Waals surface area contributed by atoms with Crippen molar-refractivity contribution in [2.75, 3.05) is 17.7 Å². The van der Waals surface area contributed by atoms with Crippen molar-refractivity contribution < 1.29 is 9.53 Å². The molecule has 0 bridgehead atoms. The Bertz CT molecular complexity index is 1040. The van der Waals surface area contributed by atoms with Gasteiger partial charge in [-0.3, -0.25) is 0 Å². The molecule has 0 fully saturated rings. The van der Waals surface area contributed by atoms with Crippen LogP contribution in [0, 0.1) is 0 Å². The van der Waals surface area contributed by atoms with Crippen molar-refractivity contribution in [1.29, 1.82) is 0 Å². The maximum Gasteiger partial charge on any atom is 0.323 e. The third-order valence-corrected chi connectivity index (χ3v) is 5.12. The molecule has 0 aliphatic rings. The maximum absolute atomic E-state index is 12.1. The number of rotatable bonds is 4. The van der Waals surface area contributed by atoms with Crippen molar-refractivity contribution in [2.45, 2.75) is 0 Å². The van der Waals surface area contributed by atoms with E-state index in [0.29, 0.717) is 11.4 Å². The first-order valence-electron chi connectivity index (χ1n) is 8.39. The summed E-state index contributed by atoms with van der Waals surface area (Å²) in [4.78, 5) is 16.8. The van der Waals surface area contributed by atoms with Crippen molar-refractivity contribution in [2.24, 2.45) is 0 Å². The van der Waals surface area contributed by atoms with Gasteiger partial charge < -0.3 is 15.4 Å². The van der Waals surface area contributed by atoms with Gasteiger partial charge >= 0.3 is 6.03 Å². The molecule has 0 saturated carbocycles. The van der Waals surface area contributed by atoms with Crippen molar-refractivity contribution >= 4 is 39.0 Å². The maximum atomic E-state index is 12.1. The van der Waals surface area contributed by atoms with Gasteiger partial charge in [0, 0.05) is 16.9 Å². The number of hydrogen-bond acceptors (Lipinski definition) is 4. The minimum Gasteiger partial charge on any atom is -0.497 e. The zero-order valence-corrected chi connectivity index (χ0v) is 15.4. The van der Waals surface area contributed by atoms with Crippen molar-refractivity contribution in [1.82, 2.24) is 4.98 Å². The number of para-hydroxylation sites is 1. The second-order valence-electron chi connectivity index (χ2n) is 5.87. The molecule has 3 aromatic carbocycles. The Morgan fingerprint density at radius 2 is 1.52 bits per heavy atom. The van der Waals surface area contributed by atoms with E-state index in [4.69, 9.17) is 4.74 Å². The first-order chi connectivity index (χ1) is 13.2. The molecule has 2 N–H and O–H groups in total. The van der Waals surface area contributed by atoms with Crippen molar-refractivity contribution in [3.05, 3.63) is 72.8 Å².